The van der Waals surface area contributed by atoms with Gasteiger partial charge in [0.2, 0.25) is 0 Å². The molecule has 2 aliphatic rings. The number of carbonyl (C=O) groups is 1. The lowest BCUT2D eigenvalue weighted by Gasteiger charge is -2.29. The zero-order valence-electron chi connectivity index (χ0n) is 17.9. The fourth-order valence-electron chi connectivity index (χ4n) is 5.01. The third-order valence-electron chi connectivity index (χ3n) is 6.49. The molecule has 0 spiro atoms. The molecule has 1 saturated carbocycles. The zero-order chi connectivity index (χ0) is 22.2. The Balaban J connectivity index is 1.24. The average molecular weight is 436 g/mol. The van der Waals surface area contributed by atoms with Gasteiger partial charge < -0.3 is 19.5 Å². The number of H-pyrrole nitrogens is 1. The van der Waals surface area contributed by atoms with E-state index in [9.17, 15) is 10.1 Å². The molecule has 3 atom stereocenters. The number of fused-ring (bicyclic) bond motifs is 2. The molecular formula is C21H24N8O3. The summed E-state index contributed by atoms with van der Waals surface area (Å²) in [5.74, 6) is 0.920. The molecule has 2 fully saturated rings. The zero-order valence-corrected chi connectivity index (χ0v) is 17.9. The van der Waals surface area contributed by atoms with Crippen molar-refractivity contribution in [1.82, 2.24) is 25.0 Å². The predicted molar refractivity (Wildman–Crippen MR) is 115 cm³/mol. The highest BCUT2D eigenvalue weighted by Gasteiger charge is 2.44. The lowest BCUT2D eigenvalue weighted by Crippen LogP contribution is -2.36. The summed E-state index contributed by atoms with van der Waals surface area (Å²) in [5.41, 5.74) is 2.27. The molecule has 2 amide bonds. The summed E-state index contributed by atoms with van der Waals surface area (Å²) in [6.45, 7) is 3.58. The van der Waals surface area contributed by atoms with Crippen molar-refractivity contribution < 1.29 is 14.1 Å². The molecule has 3 aromatic rings. The predicted octanol–water partition coefficient (Wildman–Crippen LogP) is 2.59. The minimum Gasteiger partial charge on any atom is -0.449 e. The van der Waals surface area contributed by atoms with Crippen molar-refractivity contribution in [2.75, 3.05) is 37.0 Å². The number of carbonyl (C=O) groups excluding carboxylic acids is 1. The molecular weight excluding hydrogens is 412 g/mol. The second-order valence-corrected chi connectivity index (χ2v) is 8.28. The first kappa shape index (κ1) is 20.1. The van der Waals surface area contributed by atoms with Gasteiger partial charge in [-0.3, -0.25) is 9.84 Å². The third-order valence-corrected chi connectivity index (χ3v) is 6.49. The van der Waals surface area contributed by atoms with E-state index in [1.807, 2.05) is 26.2 Å². The third kappa shape index (κ3) is 3.47. The minimum atomic E-state index is -0.233. The van der Waals surface area contributed by atoms with Crippen molar-refractivity contribution in [3.63, 3.8) is 0 Å². The van der Waals surface area contributed by atoms with Crippen molar-refractivity contribution in [2.24, 2.45) is 11.8 Å². The van der Waals surface area contributed by atoms with E-state index < -0.39 is 0 Å². The van der Waals surface area contributed by atoms with Gasteiger partial charge in [0.05, 0.1) is 17.9 Å². The number of rotatable bonds is 5. The molecule has 3 aromatic heterocycles. The van der Waals surface area contributed by atoms with Gasteiger partial charge in [0.15, 0.2) is 0 Å². The number of nitrogens with zero attached hydrogens (tertiary/aromatic N) is 6. The van der Waals surface area contributed by atoms with E-state index in [2.05, 4.69) is 36.4 Å². The Bertz CT molecular complexity index is 1170. The van der Waals surface area contributed by atoms with E-state index in [0.29, 0.717) is 43.1 Å². The summed E-state index contributed by atoms with van der Waals surface area (Å²) in [6, 6.07) is 4.31. The highest BCUT2D eigenvalue weighted by atomic mass is 16.6. The van der Waals surface area contributed by atoms with Crippen LogP contribution in [0.4, 0.5) is 16.4 Å². The number of likely N-dealkylation sites (tertiary alicyclic amines) is 1. The highest BCUT2D eigenvalue weighted by molar-refractivity contribution is 5.93. The van der Waals surface area contributed by atoms with Gasteiger partial charge in [-0.1, -0.05) is 0 Å². The van der Waals surface area contributed by atoms with Crippen LogP contribution in [0.3, 0.4) is 0 Å². The van der Waals surface area contributed by atoms with Gasteiger partial charge in [-0.05, 0) is 42.8 Å². The topological polar surface area (TPSA) is 136 Å². The maximum absolute atomic E-state index is 12.6. The first-order valence-electron chi connectivity index (χ1n) is 10.7. The number of hydrogen-bond acceptors (Lipinski definition) is 8. The molecule has 2 N–H and O–H groups in total. The molecule has 1 saturated heterocycles. The van der Waals surface area contributed by atoms with Crippen LogP contribution in [0.2, 0.25) is 0 Å². The smallest absolute Gasteiger partial charge is 0.418 e. The Labute approximate surface area is 184 Å². The van der Waals surface area contributed by atoms with E-state index in [1.165, 1.54) is 0 Å². The lowest BCUT2D eigenvalue weighted by atomic mass is 10.0. The second kappa shape index (κ2) is 8.03. The molecule has 0 aromatic carbocycles. The van der Waals surface area contributed by atoms with Crippen LogP contribution in [0.15, 0.2) is 23.0 Å². The summed E-state index contributed by atoms with van der Waals surface area (Å²) in [7, 11) is 2.05. The van der Waals surface area contributed by atoms with E-state index >= 15 is 0 Å². The van der Waals surface area contributed by atoms with Gasteiger partial charge in [-0.2, -0.15) is 5.26 Å². The van der Waals surface area contributed by atoms with Crippen LogP contribution in [0.5, 0.6) is 6.08 Å². The van der Waals surface area contributed by atoms with Crippen LogP contribution < -0.4 is 15.0 Å². The number of aromatic nitrogens is 4. The quantitative estimate of drug-likeness (QED) is 0.623. The molecule has 0 radical (unpaired) electrons. The standard InChI is InChI=1S/C21H24N8O3/c1-3-31-21-26-19(27-32-21)25-20(30)29-10-12-6-15(7-13(12)11-29)28(2)17-14(8-22)9-24-18-16(17)4-5-23-18/h4-5,9,12-13,15H,3,6-7,10-11H2,1-2H3,(H,23,24)(H,25,27,30)/t12-,13?,15?/m1/s1. The summed E-state index contributed by atoms with van der Waals surface area (Å²) in [4.78, 5) is 28.1. The van der Waals surface area contributed by atoms with Crippen molar-refractivity contribution in [1.29, 1.82) is 5.26 Å². The number of nitriles is 1. The molecule has 2 unspecified atom stereocenters. The molecule has 32 heavy (non-hydrogen) atoms. The second-order valence-electron chi connectivity index (χ2n) is 8.28. The fourth-order valence-corrected chi connectivity index (χ4v) is 5.01. The summed E-state index contributed by atoms with van der Waals surface area (Å²) < 4.78 is 10.0. The molecule has 5 rings (SSSR count). The fraction of sp³-hybridized carbons (Fsp3) is 0.476. The molecule has 0 bridgehead atoms. The average Bonchev–Trinajstić information content (AvgIpc) is 3.55. The van der Waals surface area contributed by atoms with Gasteiger partial charge in [-0.25, -0.2) is 9.78 Å². The minimum absolute atomic E-state index is 0.0383. The van der Waals surface area contributed by atoms with Crippen LogP contribution in [0.25, 0.3) is 11.0 Å². The van der Waals surface area contributed by atoms with Gasteiger partial charge in [0, 0.05) is 44.0 Å². The number of urea groups is 1. The van der Waals surface area contributed by atoms with E-state index in [0.717, 1.165) is 29.6 Å². The number of nitrogens with one attached hydrogen (secondary N) is 2. The van der Waals surface area contributed by atoms with Gasteiger partial charge in [-0.15, -0.1) is 4.98 Å². The van der Waals surface area contributed by atoms with Crippen LogP contribution in [-0.4, -0.2) is 63.8 Å². The van der Waals surface area contributed by atoms with Gasteiger partial charge in [0.1, 0.15) is 11.7 Å². The number of hydrogen-bond donors (Lipinski definition) is 2. The van der Waals surface area contributed by atoms with Crippen molar-refractivity contribution in [3.8, 4) is 12.1 Å². The number of aromatic amines is 1. The van der Waals surface area contributed by atoms with Gasteiger partial charge >= 0.3 is 12.1 Å². The molecule has 4 heterocycles. The van der Waals surface area contributed by atoms with Crippen LogP contribution in [0, 0.1) is 23.2 Å². The molecule has 11 nitrogen and oxygen atoms in total. The van der Waals surface area contributed by atoms with Crippen molar-refractivity contribution in [3.05, 3.63) is 24.0 Å². The maximum atomic E-state index is 12.6. The molecule has 1 aliphatic heterocycles. The van der Waals surface area contributed by atoms with E-state index in [-0.39, 0.29) is 18.1 Å². The monoisotopic (exact) mass is 436 g/mol. The summed E-state index contributed by atoms with van der Waals surface area (Å²) in [5, 5.41) is 17.0. The Hall–Kier alpha value is -3.81. The lowest BCUT2D eigenvalue weighted by molar-refractivity contribution is 0.214. The summed E-state index contributed by atoms with van der Waals surface area (Å²) >= 11 is 0. The van der Waals surface area contributed by atoms with Crippen molar-refractivity contribution >= 4 is 28.7 Å². The van der Waals surface area contributed by atoms with Gasteiger partial charge in [0.25, 0.3) is 5.95 Å². The van der Waals surface area contributed by atoms with Crippen LogP contribution in [-0.2, 0) is 0 Å². The van der Waals surface area contributed by atoms with E-state index in [4.69, 9.17) is 9.26 Å². The number of amides is 2. The molecule has 1 aliphatic carbocycles. The number of ether oxygens (including phenoxy) is 1. The number of anilines is 2. The Kier molecular flexibility index (Phi) is 5.05. The Morgan fingerprint density at radius 2 is 2.22 bits per heavy atom. The molecule has 166 valence electrons. The van der Waals surface area contributed by atoms with Crippen molar-refractivity contribution in [2.45, 2.75) is 25.8 Å². The normalized spacial score (nSPS) is 22.0. The van der Waals surface area contributed by atoms with E-state index in [1.54, 1.807) is 11.1 Å². The Morgan fingerprint density at radius 1 is 1.44 bits per heavy atom. The number of pyridine rings is 1. The molecule has 11 heteroatoms. The summed E-state index contributed by atoms with van der Waals surface area (Å²) in [6.07, 6.45) is 5.43. The maximum Gasteiger partial charge on any atom is 0.418 e. The van der Waals surface area contributed by atoms with Crippen LogP contribution >= 0.6 is 0 Å². The largest absolute Gasteiger partial charge is 0.449 e. The Morgan fingerprint density at radius 3 is 2.94 bits per heavy atom. The first-order valence-corrected chi connectivity index (χ1v) is 10.7. The SMILES string of the molecule is CCOc1nc(NC(=O)N2CC3CC(N(C)c4c(C#N)cnc5[nH]ccc45)C[C@@H]3C2)no1. The highest BCUT2D eigenvalue weighted by Crippen LogP contribution is 2.42. The van der Waals surface area contributed by atoms with Crippen LogP contribution in [0.1, 0.15) is 25.3 Å². The first-order chi connectivity index (χ1) is 15.6.